The van der Waals surface area contributed by atoms with Crippen LogP contribution >= 0.6 is 0 Å². The van der Waals surface area contributed by atoms with Crippen LogP contribution in [0.4, 0.5) is 5.69 Å². The van der Waals surface area contributed by atoms with Gasteiger partial charge in [-0.2, -0.15) is 0 Å². The molecule has 2 amide bonds. The number of para-hydroxylation sites is 1. The number of benzene rings is 2. The molecule has 1 fully saturated rings. The van der Waals surface area contributed by atoms with E-state index in [4.69, 9.17) is 5.73 Å². The molecule has 6 nitrogen and oxygen atoms in total. The standard InChI is InChI=1S/C22H28N4O2/c23-20(17-18-7-3-1-4-8-18)22(28)24-12-11-21(27)26-15-13-25(14-16-26)19-9-5-2-6-10-19/h1-10,20H,11-17,23H2,(H,24,28). The zero-order chi connectivity index (χ0) is 19.8. The van der Waals surface area contributed by atoms with Gasteiger partial charge in [0.05, 0.1) is 6.04 Å². The number of nitrogens with two attached hydrogens (primary N) is 1. The molecule has 1 unspecified atom stereocenters. The third-order valence-corrected chi connectivity index (χ3v) is 5.03. The first-order valence-corrected chi connectivity index (χ1v) is 9.78. The lowest BCUT2D eigenvalue weighted by atomic mass is 10.1. The molecule has 1 aliphatic heterocycles. The van der Waals surface area contributed by atoms with E-state index in [9.17, 15) is 9.59 Å². The van der Waals surface area contributed by atoms with E-state index >= 15 is 0 Å². The summed E-state index contributed by atoms with van der Waals surface area (Å²) in [5, 5.41) is 2.79. The molecular weight excluding hydrogens is 352 g/mol. The average Bonchev–Trinajstić information content (AvgIpc) is 2.75. The van der Waals surface area contributed by atoms with Gasteiger partial charge < -0.3 is 20.9 Å². The van der Waals surface area contributed by atoms with Gasteiger partial charge in [0.2, 0.25) is 11.8 Å². The Bertz CT molecular complexity index is 759. The molecule has 1 atom stereocenters. The van der Waals surface area contributed by atoms with Crippen LogP contribution in [0.15, 0.2) is 60.7 Å². The van der Waals surface area contributed by atoms with Crippen LogP contribution in [0.1, 0.15) is 12.0 Å². The van der Waals surface area contributed by atoms with Gasteiger partial charge in [-0.3, -0.25) is 9.59 Å². The van der Waals surface area contributed by atoms with Crippen molar-refractivity contribution in [1.29, 1.82) is 0 Å². The molecule has 28 heavy (non-hydrogen) atoms. The zero-order valence-corrected chi connectivity index (χ0v) is 16.1. The number of rotatable bonds is 7. The lowest BCUT2D eigenvalue weighted by molar-refractivity contribution is -0.131. The Morgan fingerprint density at radius 3 is 2.18 bits per heavy atom. The lowest BCUT2D eigenvalue weighted by Crippen LogP contribution is -2.49. The predicted molar refractivity (Wildman–Crippen MR) is 111 cm³/mol. The first-order valence-electron chi connectivity index (χ1n) is 9.78. The highest BCUT2D eigenvalue weighted by Crippen LogP contribution is 2.15. The number of amides is 2. The Labute approximate surface area is 166 Å². The molecular formula is C22H28N4O2. The summed E-state index contributed by atoms with van der Waals surface area (Å²) in [6.45, 7) is 3.37. The van der Waals surface area contributed by atoms with Crippen molar-refractivity contribution < 1.29 is 9.59 Å². The predicted octanol–water partition coefficient (Wildman–Crippen LogP) is 1.41. The van der Waals surface area contributed by atoms with Crippen LogP contribution in [0.25, 0.3) is 0 Å². The van der Waals surface area contributed by atoms with Gasteiger partial charge in [0.25, 0.3) is 0 Å². The van der Waals surface area contributed by atoms with E-state index in [-0.39, 0.29) is 11.8 Å². The Hall–Kier alpha value is -2.86. The minimum atomic E-state index is -0.605. The SMILES string of the molecule is NC(Cc1ccccc1)C(=O)NCCC(=O)N1CCN(c2ccccc2)CC1. The van der Waals surface area contributed by atoms with Crippen molar-refractivity contribution in [2.24, 2.45) is 5.73 Å². The molecule has 0 spiro atoms. The Morgan fingerprint density at radius 2 is 1.54 bits per heavy atom. The monoisotopic (exact) mass is 380 g/mol. The van der Waals surface area contributed by atoms with Gasteiger partial charge >= 0.3 is 0 Å². The van der Waals surface area contributed by atoms with Crippen LogP contribution in [-0.4, -0.2) is 55.5 Å². The second kappa shape index (κ2) is 9.90. The van der Waals surface area contributed by atoms with Gasteiger partial charge in [0.15, 0.2) is 0 Å². The van der Waals surface area contributed by atoms with Crippen LogP contribution in [0.2, 0.25) is 0 Å². The number of hydrogen-bond acceptors (Lipinski definition) is 4. The molecule has 1 aliphatic rings. The van der Waals surface area contributed by atoms with Crippen LogP contribution in [0, 0.1) is 0 Å². The van der Waals surface area contributed by atoms with E-state index in [0.29, 0.717) is 32.5 Å². The Kier molecular flexibility index (Phi) is 7.03. The Morgan fingerprint density at radius 1 is 0.929 bits per heavy atom. The summed E-state index contributed by atoms with van der Waals surface area (Å²) < 4.78 is 0. The largest absolute Gasteiger partial charge is 0.368 e. The van der Waals surface area contributed by atoms with Crippen molar-refractivity contribution in [3.63, 3.8) is 0 Å². The highest BCUT2D eigenvalue weighted by atomic mass is 16.2. The first-order chi connectivity index (χ1) is 13.6. The first kappa shape index (κ1) is 19.9. The molecule has 0 saturated carbocycles. The number of nitrogens with one attached hydrogen (secondary N) is 1. The summed E-state index contributed by atoms with van der Waals surface area (Å²) in [5.41, 5.74) is 8.18. The van der Waals surface area contributed by atoms with E-state index in [1.165, 1.54) is 5.69 Å². The molecule has 0 bridgehead atoms. The number of hydrogen-bond donors (Lipinski definition) is 2. The van der Waals surface area contributed by atoms with Gasteiger partial charge in [-0.1, -0.05) is 48.5 Å². The smallest absolute Gasteiger partial charge is 0.237 e. The van der Waals surface area contributed by atoms with Gasteiger partial charge in [0, 0.05) is 44.8 Å². The molecule has 1 saturated heterocycles. The topological polar surface area (TPSA) is 78.7 Å². The third-order valence-electron chi connectivity index (χ3n) is 5.03. The summed E-state index contributed by atoms with van der Waals surface area (Å²) in [6, 6.07) is 19.3. The molecule has 6 heteroatoms. The van der Waals surface area contributed by atoms with Gasteiger partial charge in [-0.05, 0) is 24.1 Å². The van der Waals surface area contributed by atoms with Crippen molar-refractivity contribution in [3.8, 4) is 0 Å². The molecule has 2 aromatic rings. The number of piperazine rings is 1. The average molecular weight is 380 g/mol. The number of carbonyl (C=O) groups excluding carboxylic acids is 2. The summed E-state index contributed by atoms with van der Waals surface area (Å²) in [7, 11) is 0. The highest BCUT2D eigenvalue weighted by Gasteiger charge is 2.21. The van der Waals surface area contributed by atoms with Gasteiger partial charge in [-0.15, -0.1) is 0 Å². The number of nitrogens with zero attached hydrogens (tertiary/aromatic N) is 2. The zero-order valence-electron chi connectivity index (χ0n) is 16.1. The summed E-state index contributed by atoms with van der Waals surface area (Å²) in [6.07, 6.45) is 0.789. The molecule has 0 aromatic heterocycles. The van der Waals surface area contributed by atoms with Crippen molar-refractivity contribution in [1.82, 2.24) is 10.2 Å². The molecule has 1 heterocycles. The minimum absolute atomic E-state index is 0.0737. The van der Waals surface area contributed by atoms with E-state index in [1.54, 1.807) is 0 Å². The fourth-order valence-corrected chi connectivity index (χ4v) is 3.40. The fourth-order valence-electron chi connectivity index (χ4n) is 3.40. The molecule has 0 aliphatic carbocycles. The van der Waals surface area contributed by atoms with E-state index in [0.717, 1.165) is 18.7 Å². The quantitative estimate of drug-likeness (QED) is 0.761. The number of anilines is 1. The minimum Gasteiger partial charge on any atom is -0.368 e. The normalized spacial score (nSPS) is 15.2. The van der Waals surface area contributed by atoms with Crippen LogP contribution < -0.4 is 16.0 Å². The third kappa shape index (κ3) is 5.57. The molecule has 2 aromatic carbocycles. The van der Waals surface area contributed by atoms with Crippen molar-refractivity contribution in [2.75, 3.05) is 37.6 Å². The lowest BCUT2D eigenvalue weighted by Gasteiger charge is -2.36. The second-order valence-electron chi connectivity index (χ2n) is 7.04. The summed E-state index contributed by atoms with van der Waals surface area (Å²) in [5.74, 6) is -0.143. The van der Waals surface area contributed by atoms with E-state index < -0.39 is 6.04 Å². The summed E-state index contributed by atoms with van der Waals surface area (Å²) in [4.78, 5) is 28.7. The van der Waals surface area contributed by atoms with E-state index in [2.05, 4.69) is 22.3 Å². The maximum atomic E-state index is 12.4. The van der Waals surface area contributed by atoms with Crippen molar-refractivity contribution in [3.05, 3.63) is 66.2 Å². The molecule has 3 N–H and O–H groups in total. The van der Waals surface area contributed by atoms with E-state index in [1.807, 2.05) is 53.4 Å². The fraction of sp³-hybridized carbons (Fsp3) is 0.364. The molecule has 0 radical (unpaired) electrons. The summed E-state index contributed by atoms with van der Waals surface area (Å²) >= 11 is 0. The maximum Gasteiger partial charge on any atom is 0.237 e. The van der Waals surface area contributed by atoms with Crippen LogP contribution in [0.3, 0.4) is 0 Å². The van der Waals surface area contributed by atoms with Gasteiger partial charge in [0.1, 0.15) is 0 Å². The van der Waals surface area contributed by atoms with Crippen LogP contribution in [-0.2, 0) is 16.0 Å². The molecule has 148 valence electrons. The number of carbonyl (C=O) groups is 2. The second-order valence-corrected chi connectivity index (χ2v) is 7.04. The highest BCUT2D eigenvalue weighted by molar-refractivity contribution is 5.83. The van der Waals surface area contributed by atoms with Crippen molar-refractivity contribution in [2.45, 2.75) is 18.9 Å². The van der Waals surface area contributed by atoms with Gasteiger partial charge in [-0.25, -0.2) is 0 Å². The molecule has 3 rings (SSSR count). The Balaban J connectivity index is 1.36. The van der Waals surface area contributed by atoms with Crippen LogP contribution in [0.5, 0.6) is 0 Å². The van der Waals surface area contributed by atoms with Crippen molar-refractivity contribution >= 4 is 17.5 Å². The maximum absolute atomic E-state index is 12.4.